The zero-order valence-corrected chi connectivity index (χ0v) is 10.7. The van der Waals surface area contributed by atoms with Crippen molar-refractivity contribution >= 4 is 12.2 Å². The summed E-state index contributed by atoms with van der Waals surface area (Å²) >= 11 is 0. The first kappa shape index (κ1) is 13.3. The largest absolute Gasteiger partial charge is 0.369 e. The summed E-state index contributed by atoms with van der Waals surface area (Å²) in [4.78, 5) is 0. The molecule has 0 aliphatic rings. The maximum absolute atomic E-state index is 8.76. The lowest BCUT2D eigenvalue weighted by molar-refractivity contribution is 1.21. The Morgan fingerprint density at radius 1 is 0.950 bits per heavy atom. The fourth-order valence-electron chi connectivity index (χ4n) is 1.66. The highest BCUT2D eigenvalue weighted by Gasteiger charge is 1.98. The summed E-state index contributed by atoms with van der Waals surface area (Å²) in [5.41, 5.74) is 14.0. The van der Waals surface area contributed by atoms with Gasteiger partial charge in [-0.15, -0.1) is 5.10 Å². The Morgan fingerprint density at radius 3 is 2.00 bits per heavy atom. The van der Waals surface area contributed by atoms with Crippen molar-refractivity contribution in [3.05, 3.63) is 59.7 Å². The molecule has 98 valence electrons. The maximum atomic E-state index is 8.76. The van der Waals surface area contributed by atoms with E-state index < -0.39 is 0 Å². The van der Waals surface area contributed by atoms with Crippen molar-refractivity contribution in [3.63, 3.8) is 0 Å². The van der Waals surface area contributed by atoms with Crippen LogP contribution in [-0.2, 0) is 0 Å². The zero-order chi connectivity index (χ0) is 14.4. The molecule has 0 saturated heterocycles. The smallest absolute Gasteiger partial charge is 0.211 e. The van der Waals surface area contributed by atoms with E-state index in [9.17, 15) is 0 Å². The molecule has 4 N–H and O–H groups in total. The van der Waals surface area contributed by atoms with Crippen LogP contribution in [0.2, 0.25) is 0 Å². The molecule has 5 nitrogen and oxygen atoms in total. The number of nitrogens with two attached hydrogens (primary N) is 2. The average Bonchev–Trinajstić information content (AvgIpc) is 2.48. The van der Waals surface area contributed by atoms with Gasteiger partial charge in [0.25, 0.3) is 0 Å². The van der Waals surface area contributed by atoms with Crippen LogP contribution in [0.25, 0.3) is 11.1 Å². The lowest BCUT2D eigenvalue weighted by atomic mass is 10.0. The maximum Gasteiger partial charge on any atom is 0.211 e. The number of nitrogens with zero attached hydrogens (tertiary/aromatic N) is 3. The lowest BCUT2D eigenvalue weighted by Gasteiger charge is -2.02. The minimum atomic E-state index is -0.0737. The molecule has 0 amide bonds. The van der Waals surface area contributed by atoms with Crippen molar-refractivity contribution in [2.75, 3.05) is 0 Å². The Kier molecular flexibility index (Phi) is 4.10. The molecular weight excluding hydrogens is 250 g/mol. The van der Waals surface area contributed by atoms with Gasteiger partial charge in [-0.05, 0) is 28.8 Å². The number of hydrogen-bond donors (Lipinski definition) is 2. The molecule has 0 spiro atoms. The van der Waals surface area contributed by atoms with Gasteiger partial charge in [0, 0.05) is 0 Å². The quantitative estimate of drug-likeness (QED) is 0.502. The SMILES string of the molecule is N#Cc1ccc(-c2ccc(C=NN=C(N)N)cc2)cc1. The molecule has 2 aromatic rings. The van der Waals surface area contributed by atoms with Crippen LogP contribution < -0.4 is 11.5 Å². The summed E-state index contributed by atoms with van der Waals surface area (Å²) in [7, 11) is 0. The molecule has 0 aliphatic heterocycles. The van der Waals surface area contributed by atoms with E-state index in [0.29, 0.717) is 5.56 Å². The summed E-state index contributed by atoms with van der Waals surface area (Å²) in [6, 6.07) is 17.3. The van der Waals surface area contributed by atoms with E-state index in [1.165, 1.54) is 0 Å². The Morgan fingerprint density at radius 2 is 1.50 bits per heavy atom. The van der Waals surface area contributed by atoms with Gasteiger partial charge < -0.3 is 11.5 Å². The van der Waals surface area contributed by atoms with E-state index >= 15 is 0 Å². The highest BCUT2D eigenvalue weighted by atomic mass is 15.3. The van der Waals surface area contributed by atoms with Crippen LogP contribution in [0.4, 0.5) is 0 Å². The molecule has 0 unspecified atom stereocenters. The van der Waals surface area contributed by atoms with Gasteiger partial charge in [-0.25, -0.2) is 0 Å². The summed E-state index contributed by atoms with van der Waals surface area (Å²) < 4.78 is 0. The van der Waals surface area contributed by atoms with Crippen LogP contribution in [0.1, 0.15) is 11.1 Å². The Balaban J connectivity index is 2.17. The van der Waals surface area contributed by atoms with Crippen molar-refractivity contribution < 1.29 is 0 Å². The van der Waals surface area contributed by atoms with Gasteiger partial charge >= 0.3 is 0 Å². The molecule has 2 rings (SSSR count). The van der Waals surface area contributed by atoms with Gasteiger partial charge in [-0.1, -0.05) is 36.4 Å². The molecule has 2 aromatic carbocycles. The first-order chi connectivity index (χ1) is 9.69. The predicted octanol–water partition coefficient (Wildman–Crippen LogP) is 1.83. The second kappa shape index (κ2) is 6.16. The van der Waals surface area contributed by atoms with Crippen molar-refractivity contribution in [1.82, 2.24) is 0 Å². The van der Waals surface area contributed by atoms with Gasteiger partial charge in [0.1, 0.15) is 0 Å². The minimum Gasteiger partial charge on any atom is -0.369 e. The number of hydrogen-bond acceptors (Lipinski definition) is 3. The number of guanidine groups is 1. The second-order valence-corrected chi connectivity index (χ2v) is 4.08. The van der Waals surface area contributed by atoms with E-state index in [1.54, 1.807) is 18.3 Å². The second-order valence-electron chi connectivity index (χ2n) is 4.08. The summed E-state index contributed by atoms with van der Waals surface area (Å²) in [6.45, 7) is 0. The van der Waals surface area contributed by atoms with Crippen LogP contribution in [0.3, 0.4) is 0 Å². The van der Waals surface area contributed by atoms with Gasteiger partial charge in [0.15, 0.2) is 0 Å². The van der Waals surface area contributed by atoms with Gasteiger partial charge in [-0.3, -0.25) is 0 Å². The molecule has 0 fully saturated rings. The third kappa shape index (κ3) is 3.43. The fraction of sp³-hybridized carbons (Fsp3) is 0. The van der Waals surface area contributed by atoms with Gasteiger partial charge in [0.05, 0.1) is 17.8 Å². The van der Waals surface area contributed by atoms with Crippen LogP contribution in [0.5, 0.6) is 0 Å². The van der Waals surface area contributed by atoms with E-state index in [2.05, 4.69) is 16.3 Å². The van der Waals surface area contributed by atoms with Crippen LogP contribution in [0.15, 0.2) is 58.7 Å². The highest BCUT2D eigenvalue weighted by molar-refractivity contribution is 5.82. The van der Waals surface area contributed by atoms with Crippen molar-refractivity contribution in [2.24, 2.45) is 21.7 Å². The molecule has 0 aromatic heterocycles. The normalized spacial score (nSPS) is 10.2. The van der Waals surface area contributed by atoms with Gasteiger partial charge in [0.2, 0.25) is 5.96 Å². The third-order valence-electron chi connectivity index (χ3n) is 2.64. The van der Waals surface area contributed by atoms with Crippen molar-refractivity contribution in [3.8, 4) is 17.2 Å². The Bertz CT molecular complexity index is 672. The van der Waals surface area contributed by atoms with E-state index in [-0.39, 0.29) is 5.96 Å². The first-order valence-electron chi connectivity index (χ1n) is 5.91. The minimum absolute atomic E-state index is 0.0737. The molecule has 0 aliphatic carbocycles. The predicted molar refractivity (Wildman–Crippen MR) is 80.0 cm³/mol. The molecule has 0 saturated carbocycles. The van der Waals surface area contributed by atoms with Crippen LogP contribution in [0, 0.1) is 11.3 Å². The highest BCUT2D eigenvalue weighted by Crippen LogP contribution is 2.19. The topological polar surface area (TPSA) is 101 Å². The fourth-order valence-corrected chi connectivity index (χ4v) is 1.66. The van der Waals surface area contributed by atoms with E-state index in [1.807, 2.05) is 36.4 Å². The molecule has 5 heteroatoms. The molecule has 20 heavy (non-hydrogen) atoms. The molecule has 0 radical (unpaired) electrons. The van der Waals surface area contributed by atoms with Crippen LogP contribution >= 0.6 is 0 Å². The molecule has 0 heterocycles. The summed E-state index contributed by atoms with van der Waals surface area (Å²) in [5.74, 6) is -0.0737. The molecule has 0 atom stereocenters. The molecular formula is C15H13N5. The summed E-state index contributed by atoms with van der Waals surface area (Å²) in [5, 5.41) is 16.0. The molecule has 0 bridgehead atoms. The first-order valence-corrected chi connectivity index (χ1v) is 5.91. The van der Waals surface area contributed by atoms with E-state index in [0.717, 1.165) is 16.7 Å². The Labute approximate surface area is 116 Å². The van der Waals surface area contributed by atoms with Crippen LogP contribution in [-0.4, -0.2) is 12.2 Å². The van der Waals surface area contributed by atoms with Crippen molar-refractivity contribution in [1.29, 1.82) is 5.26 Å². The van der Waals surface area contributed by atoms with E-state index in [4.69, 9.17) is 16.7 Å². The average molecular weight is 263 g/mol. The standard InChI is InChI=1S/C15H13N5/c16-9-11-1-5-13(6-2-11)14-7-3-12(4-8-14)10-19-20-15(17)18/h1-8,10H,(H4,17,18,20). The monoisotopic (exact) mass is 263 g/mol. The number of benzene rings is 2. The third-order valence-corrected chi connectivity index (χ3v) is 2.64. The number of rotatable bonds is 3. The number of nitriles is 1. The summed E-state index contributed by atoms with van der Waals surface area (Å²) in [6.07, 6.45) is 1.57. The van der Waals surface area contributed by atoms with Crippen molar-refractivity contribution in [2.45, 2.75) is 0 Å². The lowest BCUT2D eigenvalue weighted by Crippen LogP contribution is -2.21. The van der Waals surface area contributed by atoms with Gasteiger partial charge in [-0.2, -0.15) is 10.4 Å². The Hall–Kier alpha value is -3.13. The zero-order valence-electron chi connectivity index (χ0n) is 10.7.